The zero-order valence-electron chi connectivity index (χ0n) is 6.24. The summed E-state index contributed by atoms with van der Waals surface area (Å²) in [6.07, 6.45) is 4.83. The number of nitrogens with one attached hydrogen (secondary N) is 1. The average Bonchev–Trinajstić information content (AvgIpc) is 2.04. The Kier molecular flexibility index (Phi) is 2.34. The quantitative estimate of drug-likeness (QED) is 0.603. The van der Waals surface area contributed by atoms with Crippen molar-refractivity contribution in [2.24, 2.45) is 0 Å². The first kappa shape index (κ1) is 8.15. The molecule has 0 unspecified atom stereocenters. The number of hydrogen-bond acceptors (Lipinski definition) is 2. The van der Waals surface area contributed by atoms with Gasteiger partial charge in [0.2, 0.25) is 0 Å². The monoisotopic (exact) mass is 161 g/mol. The van der Waals surface area contributed by atoms with Gasteiger partial charge >= 0.3 is 0 Å². The third kappa shape index (κ3) is 2.03. The maximum Gasteiger partial charge on any atom is 0.300 e. The first-order valence-electron chi connectivity index (χ1n) is 3.29. The van der Waals surface area contributed by atoms with Crippen molar-refractivity contribution in [3.8, 4) is 18.1 Å². The summed E-state index contributed by atoms with van der Waals surface area (Å²) in [4.78, 5) is 10.7. The van der Waals surface area contributed by atoms with Crippen LogP contribution in [0.15, 0.2) is 24.3 Å². The summed E-state index contributed by atoms with van der Waals surface area (Å²) in [6, 6.07) is 6.16. The van der Waals surface area contributed by atoms with Crippen molar-refractivity contribution in [2.75, 3.05) is 5.32 Å². The van der Waals surface area contributed by atoms with Crippen LogP contribution in [0.5, 0.6) is 5.75 Å². The van der Waals surface area contributed by atoms with Crippen LogP contribution in [0.3, 0.4) is 0 Å². The minimum absolute atomic E-state index is 0.0878. The van der Waals surface area contributed by atoms with E-state index in [0.29, 0.717) is 5.69 Å². The molecule has 0 heterocycles. The van der Waals surface area contributed by atoms with Gasteiger partial charge in [0.05, 0.1) is 0 Å². The van der Waals surface area contributed by atoms with Crippen LogP contribution in [0.25, 0.3) is 0 Å². The number of benzene rings is 1. The standard InChI is InChI=1S/C9H7NO2/c1-2-9(12)10-7-4-3-5-8(11)6-7/h1,3-6,11H,(H,10,12). The molecule has 3 nitrogen and oxygen atoms in total. The Morgan fingerprint density at radius 3 is 2.92 bits per heavy atom. The summed E-state index contributed by atoms with van der Waals surface area (Å²) in [5.74, 6) is 1.46. The Morgan fingerprint density at radius 1 is 1.58 bits per heavy atom. The van der Waals surface area contributed by atoms with Gasteiger partial charge in [-0.15, -0.1) is 6.42 Å². The number of rotatable bonds is 1. The second-order valence-corrected chi connectivity index (χ2v) is 2.15. The zero-order chi connectivity index (χ0) is 8.97. The lowest BCUT2D eigenvalue weighted by Crippen LogP contribution is -2.07. The highest BCUT2D eigenvalue weighted by atomic mass is 16.3. The van der Waals surface area contributed by atoms with Crippen molar-refractivity contribution in [1.82, 2.24) is 0 Å². The molecule has 0 radical (unpaired) electrons. The lowest BCUT2D eigenvalue weighted by Gasteiger charge is -1.99. The second kappa shape index (κ2) is 3.44. The fourth-order valence-corrected chi connectivity index (χ4v) is 0.751. The zero-order valence-corrected chi connectivity index (χ0v) is 6.24. The minimum atomic E-state index is -0.527. The van der Waals surface area contributed by atoms with Gasteiger partial charge in [-0.2, -0.15) is 0 Å². The largest absolute Gasteiger partial charge is 0.508 e. The number of carbonyl (C=O) groups excluding carboxylic acids is 1. The molecule has 0 aromatic heterocycles. The van der Waals surface area contributed by atoms with Gasteiger partial charge < -0.3 is 10.4 Å². The molecule has 12 heavy (non-hydrogen) atoms. The molecule has 0 saturated heterocycles. The fraction of sp³-hybridized carbons (Fsp3) is 0. The van der Waals surface area contributed by atoms with Crippen molar-refractivity contribution >= 4 is 11.6 Å². The Bertz CT molecular complexity index is 339. The van der Waals surface area contributed by atoms with Crippen molar-refractivity contribution < 1.29 is 9.90 Å². The van der Waals surface area contributed by atoms with E-state index < -0.39 is 5.91 Å². The first-order valence-corrected chi connectivity index (χ1v) is 3.29. The van der Waals surface area contributed by atoms with Crippen molar-refractivity contribution in [2.45, 2.75) is 0 Å². The van der Waals surface area contributed by atoms with E-state index in [-0.39, 0.29) is 5.75 Å². The molecule has 1 aromatic rings. The SMILES string of the molecule is C#CC(=O)Nc1cccc(O)c1. The molecule has 0 atom stereocenters. The van der Waals surface area contributed by atoms with Gasteiger partial charge in [-0.1, -0.05) is 6.07 Å². The topological polar surface area (TPSA) is 49.3 Å². The van der Waals surface area contributed by atoms with E-state index in [0.717, 1.165) is 0 Å². The highest BCUT2D eigenvalue weighted by molar-refractivity contribution is 6.03. The third-order valence-electron chi connectivity index (χ3n) is 1.24. The lowest BCUT2D eigenvalue weighted by atomic mass is 10.3. The summed E-state index contributed by atoms with van der Waals surface area (Å²) >= 11 is 0. The molecule has 0 aliphatic carbocycles. The molecule has 0 saturated carbocycles. The molecule has 0 bridgehead atoms. The summed E-state index contributed by atoms with van der Waals surface area (Å²) in [5.41, 5.74) is 0.484. The van der Waals surface area contributed by atoms with E-state index >= 15 is 0 Å². The molecule has 1 rings (SSSR count). The molecule has 0 aliphatic heterocycles. The van der Waals surface area contributed by atoms with Crippen LogP contribution in [-0.2, 0) is 4.79 Å². The van der Waals surface area contributed by atoms with Crippen LogP contribution >= 0.6 is 0 Å². The van der Waals surface area contributed by atoms with Gasteiger partial charge in [-0.3, -0.25) is 4.79 Å². The van der Waals surface area contributed by atoms with E-state index in [1.54, 1.807) is 12.1 Å². The normalized spacial score (nSPS) is 8.58. The molecular weight excluding hydrogens is 154 g/mol. The number of anilines is 1. The van der Waals surface area contributed by atoms with Crippen LogP contribution in [0.2, 0.25) is 0 Å². The molecule has 1 amide bonds. The summed E-state index contributed by atoms with van der Waals surface area (Å²) in [6.45, 7) is 0. The molecule has 1 aromatic carbocycles. The van der Waals surface area contributed by atoms with E-state index in [2.05, 4.69) is 5.32 Å². The molecule has 60 valence electrons. The fourth-order valence-electron chi connectivity index (χ4n) is 0.751. The number of phenolic OH excluding ortho intramolecular Hbond substituents is 1. The number of aromatic hydroxyl groups is 1. The van der Waals surface area contributed by atoms with E-state index in [4.69, 9.17) is 11.5 Å². The number of terminal acetylenes is 1. The van der Waals surface area contributed by atoms with Gasteiger partial charge in [0.1, 0.15) is 5.75 Å². The van der Waals surface area contributed by atoms with Crippen LogP contribution in [0.4, 0.5) is 5.69 Å². The Labute approximate surface area is 70.0 Å². The predicted octanol–water partition coefficient (Wildman–Crippen LogP) is 0.964. The van der Waals surface area contributed by atoms with Crippen molar-refractivity contribution in [1.29, 1.82) is 0 Å². The first-order chi connectivity index (χ1) is 5.72. The summed E-state index contributed by atoms with van der Waals surface area (Å²) in [7, 11) is 0. The average molecular weight is 161 g/mol. The molecule has 0 spiro atoms. The van der Waals surface area contributed by atoms with Gasteiger partial charge in [-0.25, -0.2) is 0 Å². The maximum absolute atomic E-state index is 10.7. The third-order valence-corrected chi connectivity index (χ3v) is 1.24. The van der Waals surface area contributed by atoms with Crippen LogP contribution in [0.1, 0.15) is 0 Å². The highest BCUT2D eigenvalue weighted by Crippen LogP contribution is 2.14. The van der Waals surface area contributed by atoms with Crippen LogP contribution < -0.4 is 5.32 Å². The van der Waals surface area contributed by atoms with Gasteiger partial charge in [-0.05, 0) is 18.1 Å². The van der Waals surface area contributed by atoms with E-state index in [9.17, 15) is 4.79 Å². The number of hydrogen-bond donors (Lipinski definition) is 2. The molecule has 0 aliphatic rings. The Balaban J connectivity index is 2.78. The van der Waals surface area contributed by atoms with Crippen molar-refractivity contribution in [3.05, 3.63) is 24.3 Å². The minimum Gasteiger partial charge on any atom is -0.508 e. The second-order valence-electron chi connectivity index (χ2n) is 2.15. The van der Waals surface area contributed by atoms with Crippen molar-refractivity contribution in [3.63, 3.8) is 0 Å². The summed E-state index contributed by atoms with van der Waals surface area (Å²) < 4.78 is 0. The lowest BCUT2D eigenvalue weighted by molar-refractivity contribution is -0.111. The van der Waals surface area contributed by atoms with Gasteiger partial charge in [0.25, 0.3) is 5.91 Å². The molecule has 2 N–H and O–H groups in total. The van der Waals surface area contributed by atoms with E-state index in [1.807, 2.05) is 5.92 Å². The Morgan fingerprint density at radius 2 is 2.33 bits per heavy atom. The van der Waals surface area contributed by atoms with Gasteiger partial charge in [0, 0.05) is 11.8 Å². The Hall–Kier alpha value is -1.95. The number of carbonyl (C=O) groups is 1. The maximum atomic E-state index is 10.7. The number of amides is 1. The smallest absolute Gasteiger partial charge is 0.300 e. The van der Waals surface area contributed by atoms with E-state index in [1.165, 1.54) is 12.1 Å². The molecule has 3 heteroatoms. The predicted molar refractivity (Wildman–Crippen MR) is 45.6 cm³/mol. The molecule has 0 fully saturated rings. The van der Waals surface area contributed by atoms with Gasteiger partial charge in [0.15, 0.2) is 0 Å². The summed E-state index contributed by atoms with van der Waals surface area (Å²) in [5, 5.41) is 11.4. The van der Waals surface area contributed by atoms with Crippen LogP contribution in [-0.4, -0.2) is 11.0 Å². The van der Waals surface area contributed by atoms with Crippen LogP contribution in [0, 0.1) is 12.3 Å². The molecular formula is C9H7NO2. The number of phenols is 1. The highest BCUT2D eigenvalue weighted by Gasteiger charge is 1.96.